The summed E-state index contributed by atoms with van der Waals surface area (Å²) in [5.41, 5.74) is 0. The Balaban J connectivity index is 2.76. The Morgan fingerprint density at radius 1 is 0.549 bits per heavy atom. The van der Waals surface area contributed by atoms with E-state index in [2.05, 4.69) is 62.5 Å². The fourth-order valence-corrected chi connectivity index (χ4v) is 8.76. The normalized spacial score (nSPS) is 20.0. The fraction of sp³-hybridized carbons (Fsp3) is 0.800. The molecule has 1 heterocycles. The van der Waals surface area contributed by atoms with Crippen molar-refractivity contribution in [1.82, 2.24) is 5.32 Å². The van der Waals surface area contributed by atoms with Gasteiger partial charge in [-0.15, -0.1) is 0 Å². The van der Waals surface area contributed by atoms with E-state index in [1.54, 1.807) is 6.08 Å². The monoisotopic (exact) mass is 1000 g/mol. The predicted octanol–water partition coefficient (Wildman–Crippen LogP) is 13.1. The molecule has 0 saturated carbocycles. The molecule has 412 valence electrons. The quantitative estimate of drug-likeness (QED) is 0.0196. The highest BCUT2D eigenvalue weighted by molar-refractivity contribution is 5.80. The van der Waals surface area contributed by atoms with Crippen molar-refractivity contribution in [2.75, 3.05) is 13.2 Å². The third-order valence-corrected chi connectivity index (χ3v) is 13.4. The van der Waals surface area contributed by atoms with Gasteiger partial charge in [0.2, 0.25) is 5.91 Å². The average molecular weight is 1000 g/mol. The molecule has 1 aliphatic heterocycles. The molecule has 1 aliphatic rings. The largest absolute Gasteiger partial charge is 0.454 e. The van der Waals surface area contributed by atoms with Gasteiger partial charge in [0.15, 0.2) is 12.4 Å². The Morgan fingerprint density at radius 3 is 1.48 bits per heavy atom. The molecular formula is C60H107NO10. The second-order valence-corrected chi connectivity index (χ2v) is 20.0. The smallest absolute Gasteiger partial charge is 0.306 e. The minimum atomic E-state index is -1.63. The van der Waals surface area contributed by atoms with Crippen molar-refractivity contribution >= 4 is 11.9 Å². The summed E-state index contributed by atoms with van der Waals surface area (Å²) >= 11 is 0. The molecule has 0 aromatic heterocycles. The molecule has 0 aromatic rings. The maximum Gasteiger partial charge on any atom is 0.306 e. The predicted molar refractivity (Wildman–Crippen MR) is 292 cm³/mol. The van der Waals surface area contributed by atoms with Gasteiger partial charge in [0.1, 0.15) is 24.4 Å². The summed E-state index contributed by atoms with van der Waals surface area (Å²) in [5.74, 6) is -1.25. The molecule has 0 aromatic carbocycles. The van der Waals surface area contributed by atoms with Crippen LogP contribution in [-0.4, -0.2) is 99.6 Å². The van der Waals surface area contributed by atoms with Gasteiger partial charge in [-0.3, -0.25) is 9.59 Å². The number of unbranched alkanes of at least 4 members (excludes halogenated alkanes) is 26. The molecule has 8 atom stereocenters. The van der Waals surface area contributed by atoms with E-state index in [1.165, 1.54) is 128 Å². The lowest BCUT2D eigenvalue weighted by atomic mass is 9.99. The third-order valence-electron chi connectivity index (χ3n) is 13.4. The molecule has 6 N–H and O–H groups in total. The van der Waals surface area contributed by atoms with Gasteiger partial charge >= 0.3 is 5.97 Å². The van der Waals surface area contributed by atoms with Crippen LogP contribution in [-0.2, 0) is 23.8 Å². The lowest BCUT2D eigenvalue weighted by Gasteiger charge is -2.41. The van der Waals surface area contributed by atoms with Crippen molar-refractivity contribution in [2.24, 2.45) is 0 Å². The van der Waals surface area contributed by atoms with E-state index in [0.717, 1.165) is 64.2 Å². The molecule has 0 bridgehead atoms. The first-order chi connectivity index (χ1) is 34.7. The second-order valence-electron chi connectivity index (χ2n) is 20.0. The van der Waals surface area contributed by atoms with Crippen LogP contribution >= 0.6 is 0 Å². The first kappa shape index (κ1) is 66.4. The van der Waals surface area contributed by atoms with E-state index < -0.39 is 67.4 Å². The number of rotatable bonds is 48. The lowest BCUT2D eigenvalue weighted by molar-refractivity contribution is -0.305. The fourth-order valence-electron chi connectivity index (χ4n) is 8.76. The van der Waals surface area contributed by atoms with Crippen LogP contribution in [0.3, 0.4) is 0 Å². The highest BCUT2D eigenvalue weighted by Gasteiger charge is 2.47. The SMILES string of the molecule is CCCCC/C=C\C/C=C\C/C=C\C/C=C\CCCC(=O)OC1C(OCC(NC(=O)C(O)CCCCCCCCCCCCCCC)C(O)/C=C/CCCCCCCCCCCC)OC(CO)C(O)C1O. The summed E-state index contributed by atoms with van der Waals surface area (Å²) in [6.45, 7) is 5.72. The van der Waals surface area contributed by atoms with Crippen molar-refractivity contribution in [3.63, 3.8) is 0 Å². The van der Waals surface area contributed by atoms with Gasteiger partial charge in [-0.1, -0.05) is 236 Å². The van der Waals surface area contributed by atoms with Crippen LogP contribution < -0.4 is 5.32 Å². The van der Waals surface area contributed by atoms with Crippen LogP contribution in [0.2, 0.25) is 0 Å². The Morgan fingerprint density at radius 2 is 0.972 bits per heavy atom. The van der Waals surface area contributed by atoms with Gasteiger partial charge in [0.05, 0.1) is 25.4 Å². The van der Waals surface area contributed by atoms with Gasteiger partial charge in [0.25, 0.3) is 0 Å². The summed E-state index contributed by atoms with van der Waals surface area (Å²) in [5, 5.41) is 56.8. The van der Waals surface area contributed by atoms with Crippen LogP contribution in [0.25, 0.3) is 0 Å². The number of aliphatic hydroxyl groups excluding tert-OH is 5. The minimum absolute atomic E-state index is 0.0475. The number of aliphatic hydroxyl groups is 5. The van der Waals surface area contributed by atoms with Crippen LogP contribution in [0, 0.1) is 0 Å². The van der Waals surface area contributed by atoms with Crippen LogP contribution in [0.5, 0.6) is 0 Å². The van der Waals surface area contributed by atoms with E-state index in [9.17, 15) is 35.1 Å². The number of carbonyl (C=O) groups is 2. The maximum atomic E-state index is 13.4. The summed E-state index contributed by atoms with van der Waals surface area (Å²) in [6.07, 6.45) is 48.4. The summed E-state index contributed by atoms with van der Waals surface area (Å²) in [6, 6.07) is -1.03. The summed E-state index contributed by atoms with van der Waals surface area (Å²) in [7, 11) is 0. The number of ether oxygens (including phenoxy) is 3. The van der Waals surface area contributed by atoms with E-state index in [1.807, 2.05) is 18.2 Å². The zero-order valence-electron chi connectivity index (χ0n) is 45.3. The maximum absolute atomic E-state index is 13.4. The van der Waals surface area contributed by atoms with Gasteiger partial charge in [-0.2, -0.15) is 0 Å². The Labute approximate surface area is 433 Å². The molecule has 1 saturated heterocycles. The topological polar surface area (TPSA) is 175 Å². The molecule has 0 spiro atoms. The molecule has 1 rings (SSSR count). The molecule has 8 unspecified atom stereocenters. The molecule has 0 aliphatic carbocycles. The number of carbonyl (C=O) groups excluding carboxylic acids is 2. The average Bonchev–Trinajstić information content (AvgIpc) is 3.37. The molecule has 1 amide bonds. The van der Waals surface area contributed by atoms with Crippen molar-refractivity contribution in [1.29, 1.82) is 0 Å². The first-order valence-corrected chi connectivity index (χ1v) is 29.1. The number of hydrogen-bond donors (Lipinski definition) is 6. The Hall–Kier alpha value is -2.64. The van der Waals surface area contributed by atoms with Gasteiger partial charge in [-0.25, -0.2) is 0 Å². The van der Waals surface area contributed by atoms with Gasteiger partial charge in [0, 0.05) is 6.42 Å². The standard InChI is InChI=1S/C60H107NO10/c1-4-7-10-13-16-19-22-25-26-27-28-30-33-36-39-42-45-48-55(65)71-58-57(67)56(66)54(49-62)70-60(58)69-50-51(52(63)46-43-40-37-34-31-24-21-18-15-12-9-6-3)61-59(68)53(64)47-44-41-38-35-32-29-23-20-17-14-11-8-5-2/h16,19,25-26,28,30,36,39,43,46,51-54,56-58,60,62-64,66-67H,4-15,17-18,20-24,27,29,31-35,37-38,40-42,44-45,47-50H2,1-3H3,(H,61,68)/b19-16-,26-25-,30-28-,39-36-,46-43+. The number of allylic oxidation sites excluding steroid dienone is 9. The van der Waals surface area contributed by atoms with Crippen molar-refractivity contribution in [3.8, 4) is 0 Å². The Bertz CT molecular complexity index is 1380. The number of nitrogens with one attached hydrogen (secondary N) is 1. The molecule has 1 fully saturated rings. The molecular weight excluding hydrogens is 895 g/mol. The zero-order valence-corrected chi connectivity index (χ0v) is 45.3. The van der Waals surface area contributed by atoms with E-state index in [0.29, 0.717) is 19.3 Å². The van der Waals surface area contributed by atoms with Crippen molar-refractivity contribution in [2.45, 2.75) is 294 Å². The van der Waals surface area contributed by atoms with Crippen LogP contribution in [0.4, 0.5) is 0 Å². The summed E-state index contributed by atoms with van der Waals surface area (Å²) in [4.78, 5) is 26.4. The molecule has 0 radical (unpaired) electrons. The molecule has 11 heteroatoms. The lowest BCUT2D eigenvalue weighted by Crippen LogP contribution is -2.61. The highest BCUT2D eigenvalue weighted by atomic mass is 16.7. The van der Waals surface area contributed by atoms with Crippen molar-refractivity contribution < 1.29 is 49.3 Å². The number of esters is 1. The van der Waals surface area contributed by atoms with E-state index in [-0.39, 0.29) is 19.4 Å². The minimum Gasteiger partial charge on any atom is -0.454 e. The number of hydrogen-bond acceptors (Lipinski definition) is 10. The van der Waals surface area contributed by atoms with Crippen molar-refractivity contribution in [3.05, 3.63) is 60.8 Å². The first-order valence-electron chi connectivity index (χ1n) is 29.1. The van der Waals surface area contributed by atoms with Gasteiger partial charge in [-0.05, 0) is 64.2 Å². The summed E-state index contributed by atoms with van der Waals surface area (Å²) < 4.78 is 17.5. The third kappa shape index (κ3) is 36.9. The Kier molecular flexibility index (Phi) is 45.2. The highest BCUT2D eigenvalue weighted by Crippen LogP contribution is 2.26. The van der Waals surface area contributed by atoms with Gasteiger partial charge < -0.3 is 45.1 Å². The number of amides is 1. The van der Waals surface area contributed by atoms with Crippen LogP contribution in [0.1, 0.15) is 245 Å². The van der Waals surface area contributed by atoms with Crippen LogP contribution in [0.15, 0.2) is 60.8 Å². The zero-order chi connectivity index (χ0) is 51.8. The second kappa shape index (κ2) is 48.3. The van der Waals surface area contributed by atoms with E-state index >= 15 is 0 Å². The van der Waals surface area contributed by atoms with E-state index in [4.69, 9.17) is 14.2 Å². The molecule has 11 nitrogen and oxygen atoms in total. The molecule has 71 heavy (non-hydrogen) atoms.